The average Bonchev–Trinajstić information content (AvgIpc) is 2.36. The number of halogens is 1. The van der Waals surface area contributed by atoms with E-state index in [1.165, 1.54) is 11.8 Å². The molecule has 0 saturated heterocycles. The summed E-state index contributed by atoms with van der Waals surface area (Å²) in [6, 6.07) is 0. The maximum absolute atomic E-state index is 13.1. The van der Waals surface area contributed by atoms with Crippen LogP contribution in [0.5, 0.6) is 0 Å². The van der Waals surface area contributed by atoms with Crippen LogP contribution < -0.4 is 0 Å². The van der Waals surface area contributed by atoms with Crippen molar-refractivity contribution in [2.75, 3.05) is 19.5 Å². The number of ketones is 1. The van der Waals surface area contributed by atoms with Crippen molar-refractivity contribution in [3.63, 3.8) is 0 Å². The van der Waals surface area contributed by atoms with E-state index in [4.69, 9.17) is 4.74 Å². The lowest BCUT2D eigenvalue weighted by molar-refractivity contribution is -0.144. The number of alkyl halides is 1. The summed E-state index contributed by atoms with van der Waals surface area (Å²) in [5, 5.41) is -0.494. The normalized spacial score (nSPS) is 16.4. The number of rotatable bonds is 8. The fourth-order valence-corrected chi connectivity index (χ4v) is 2.89. The van der Waals surface area contributed by atoms with Crippen molar-refractivity contribution < 1.29 is 18.7 Å². The first-order valence-corrected chi connectivity index (χ1v) is 8.26. The van der Waals surface area contributed by atoms with E-state index in [1.807, 2.05) is 20.8 Å². The highest BCUT2D eigenvalue weighted by Crippen LogP contribution is 2.32. The lowest BCUT2D eigenvalue weighted by Gasteiger charge is -2.29. The van der Waals surface area contributed by atoms with E-state index < -0.39 is 17.3 Å². The van der Waals surface area contributed by atoms with Crippen LogP contribution in [-0.4, -0.2) is 36.5 Å². The molecule has 0 aliphatic heterocycles. The SMILES string of the molecule is CCOC(=O)[C@@H](SC)[C@H](CC(=O)C(C)(C)C)[C@H](C)CF. The number of carbonyl (C=O) groups is 2. The second-order valence-electron chi connectivity index (χ2n) is 6.08. The van der Waals surface area contributed by atoms with Crippen molar-refractivity contribution in [2.24, 2.45) is 17.3 Å². The van der Waals surface area contributed by atoms with E-state index in [0.29, 0.717) is 6.61 Å². The number of Topliss-reactive ketones (excluding diaryl/α,β-unsaturated/α-hetero) is 1. The molecule has 0 amide bonds. The molecule has 0 heterocycles. The molecule has 0 saturated carbocycles. The van der Waals surface area contributed by atoms with E-state index in [-0.39, 0.29) is 30.0 Å². The molecular formula is C15H27FO3S. The van der Waals surface area contributed by atoms with Crippen molar-refractivity contribution in [2.45, 2.75) is 46.3 Å². The van der Waals surface area contributed by atoms with Crippen LogP contribution >= 0.6 is 11.8 Å². The highest BCUT2D eigenvalue weighted by Gasteiger charge is 2.36. The van der Waals surface area contributed by atoms with Crippen LogP contribution in [0.3, 0.4) is 0 Å². The van der Waals surface area contributed by atoms with Gasteiger partial charge in [-0.3, -0.25) is 14.0 Å². The maximum atomic E-state index is 13.1. The van der Waals surface area contributed by atoms with Gasteiger partial charge in [-0.2, -0.15) is 0 Å². The lowest BCUT2D eigenvalue weighted by atomic mass is 9.80. The van der Waals surface area contributed by atoms with Gasteiger partial charge in [0.25, 0.3) is 0 Å². The minimum atomic E-state index is -0.543. The number of hydrogen-bond donors (Lipinski definition) is 0. The van der Waals surface area contributed by atoms with Crippen LogP contribution in [-0.2, 0) is 14.3 Å². The molecule has 3 atom stereocenters. The minimum Gasteiger partial charge on any atom is -0.465 e. The molecule has 20 heavy (non-hydrogen) atoms. The summed E-state index contributed by atoms with van der Waals surface area (Å²) in [5.74, 6) is -0.984. The van der Waals surface area contributed by atoms with Gasteiger partial charge < -0.3 is 4.74 Å². The van der Waals surface area contributed by atoms with Crippen LogP contribution in [0.15, 0.2) is 0 Å². The Morgan fingerprint density at radius 2 is 1.85 bits per heavy atom. The third-order valence-corrected chi connectivity index (χ3v) is 4.44. The molecule has 0 unspecified atom stereocenters. The molecule has 0 spiro atoms. The molecule has 0 radical (unpaired) electrons. The quantitative estimate of drug-likeness (QED) is 0.644. The molecular weight excluding hydrogens is 279 g/mol. The fraction of sp³-hybridized carbons (Fsp3) is 0.867. The van der Waals surface area contributed by atoms with E-state index in [0.717, 1.165) is 0 Å². The first-order valence-electron chi connectivity index (χ1n) is 6.97. The number of esters is 1. The fourth-order valence-electron chi connectivity index (χ4n) is 1.91. The Morgan fingerprint density at radius 3 is 2.20 bits per heavy atom. The first-order chi connectivity index (χ1) is 9.18. The Labute approximate surface area is 126 Å². The van der Waals surface area contributed by atoms with Crippen molar-refractivity contribution in [1.29, 1.82) is 0 Å². The van der Waals surface area contributed by atoms with Crippen LogP contribution in [0.2, 0.25) is 0 Å². The van der Waals surface area contributed by atoms with Crippen LogP contribution in [0.4, 0.5) is 4.39 Å². The van der Waals surface area contributed by atoms with Gasteiger partial charge in [0, 0.05) is 11.8 Å². The van der Waals surface area contributed by atoms with Gasteiger partial charge in [0.05, 0.1) is 13.3 Å². The number of hydrogen-bond acceptors (Lipinski definition) is 4. The molecule has 0 aromatic carbocycles. The van der Waals surface area contributed by atoms with E-state index in [1.54, 1.807) is 20.1 Å². The molecule has 5 heteroatoms. The summed E-state index contributed by atoms with van der Waals surface area (Å²) in [6.45, 7) is 8.74. The van der Waals surface area contributed by atoms with E-state index in [2.05, 4.69) is 0 Å². The second-order valence-corrected chi connectivity index (χ2v) is 7.06. The van der Waals surface area contributed by atoms with Gasteiger partial charge in [0.1, 0.15) is 11.0 Å². The van der Waals surface area contributed by atoms with Gasteiger partial charge in [-0.25, -0.2) is 0 Å². The topological polar surface area (TPSA) is 43.4 Å². The van der Waals surface area contributed by atoms with Crippen molar-refractivity contribution in [3.05, 3.63) is 0 Å². The molecule has 0 aliphatic carbocycles. The van der Waals surface area contributed by atoms with Crippen LogP contribution in [0.25, 0.3) is 0 Å². The van der Waals surface area contributed by atoms with E-state index >= 15 is 0 Å². The molecule has 0 aromatic heterocycles. The number of carbonyl (C=O) groups excluding carboxylic acids is 2. The molecule has 0 bridgehead atoms. The highest BCUT2D eigenvalue weighted by atomic mass is 32.2. The van der Waals surface area contributed by atoms with E-state index in [9.17, 15) is 14.0 Å². The predicted octanol–water partition coefficient (Wildman–Crippen LogP) is 3.51. The first kappa shape index (κ1) is 19.4. The second kappa shape index (κ2) is 8.65. The zero-order chi connectivity index (χ0) is 15.9. The molecule has 118 valence electrons. The molecule has 3 nitrogen and oxygen atoms in total. The maximum Gasteiger partial charge on any atom is 0.319 e. The lowest BCUT2D eigenvalue weighted by Crippen LogP contribution is -2.37. The molecule has 0 N–H and O–H groups in total. The smallest absolute Gasteiger partial charge is 0.319 e. The Kier molecular flexibility index (Phi) is 8.40. The predicted molar refractivity (Wildman–Crippen MR) is 81.6 cm³/mol. The Bertz CT molecular complexity index is 326. The van der Waals surface area contributed by atoms with Crippen molar-refractivity contribution in [1.82, 2.24) is 0 Å². The summed E-state index contributed by atoms with van der Waals surface area (Å²) in [7, 11) is 0. The van der Waals surface area contributed by atoms with Gasteiger partial charge in [-0.05, 0) is 25.0 Å². The minimum absolute atomic E-state index is 0.0474. The van der Waals surface area contributed by atoms with Gasteiger partial charge in [0.15, 0.2) is 0 Å². The Hall–Kier alpha value is -0.580. The largest absolute Gasteiger partial charge is 0.465 e. The third kappa shape index (κ3) is 5.81. The zero-order valence-corrected chi connectivity index (χ0v) is 14.2. The number of thioether (sulfide) groups is 1. The third-order valence-electron chi connectivity index (χ3n) is 3.39. The van der Waals surface area contributed by atoms with Gasteiger partial charge in [0.2, 0.25) is 0 Å². The molecule has 0 aromatic rings. The summed E-state index contributed by atoms with van der Waals surface area (Å²) in [4.78, 5) is 24.2. The zero-order valence-electron chi connectivity index (χ0n) is 13.4. The molecule has 0 rings (SSSR count). The number of ether oxygens (including phenoxy) is 1. The summed E-state index contributed by atoms with van der Waals surface area (Å²) in [5.41, 5.74) is -0.480. The van der Waals surface area contributed by atoms with Gasteiger partial charge in [-0.15, -0.1) is 11.8 Å². The summed E-state index contributed by atoms with van der Waals surface area (Å²) in [6.07, 6.45) is 2.00. The van der Waals surface area contributed by atoms with Gasteiger partial charge in [-0.1, -0.05) is 27.7 Å². The summed E-state index contributed by atoms with van der Waals surface area (Å²) >= 11 is 1.33. The monoisotopic (exact) mass is 306 g/mol. The van der Waals surface area contributed by atoms with Crippen molar-refractivity contribution in [3.8, 4) is 0 Å². The van der Waals surface area contributed by atoms with Crippen LogP contribution in [0, 0.1) is 17.3 Å². The highest BCUT2D eigenvalue weighted by molar-refractivity contribution is 7.99. The molecule has 0 aliphatic rings. The van der Waals surface area contributed by atoms with Crippen LogP contribution in [0.1, 0.15) is 41.0 Å². The van der Waals surface area contributed by atoms with Crippen molar-refractivity contribution >= 4 is 23.5 Å². The Balaban J connectivity index is 5.12. The average molecular weight is 306 g/mol. The molecule has 0 fully saturated rings. The Morgan fingerprint density at radius 1 is 1.30 bits per heavy atom. The van der Waals surface area contributed by atoms with Gasteiger partial charge >= 0.3 is 5.97 Å². The standard InChI is InChI=1S/C15H27FO3S/c1-7-19-14(18)13(20-6)11(10(2)9-16)8-12(17)15(3,4)5/h10-11,13H,7-9H2,1-6H3/t10-,11-,13+/m1/s1. The summed E-state index contributed by atoms with van der Waals surface area (Å²) < 4.78 is 18.1.